The number of ether oxygens (including phenoxy) is 2. The minimum atomic E-state index is -0.0516. The van der Waals surface area contributed by atoms with Gasteiger partial charge in [0.2, 0.25) is 0 Å². The van der Waals surface area contributed by atoms with Crippen molar-refractivity contribution in [3.05, 3.63) is 50.4 Å². The molecule has 0 spiro atoms. The maximum Gasteiger partial charge on any atom is 0.260 e. The first-order chi connectivity index (χ1) is 13.1. The SMILES string of the molecule is COc1cccc(/C=C/c2nc3sc4c(c3c(=O)[nH]2)CC[C@H](C)C4)c1OC. The molecular formula is C21H22N2O3S. The molecular weight excluding hydrogens is 360 g/mol. The van der Waals surface area contributed by atoms with Crippen LogP contribution in [-0.4, -0.2) is 24.2 Å². The number of fused-ring (bicyclic) bond motifs is 3. The second kappa shape index (κ2) is 7.19. The zero-order valence-electron chi connectivity index (χ0n) is 15.7. The van der Waals surface area contributed by atoms with Crippen LogP contribution in [0.3, 0.4) is 0 Å². The number of hydrogen-bond donors (Lipinski definition) is 1. The van der Waals surface area contributed by atoms with Crippen LogP contribution in [0.4, 0.5) is 0 Å². The molecule has 0 aliphatic heterocycles. The highest BCUT2D eigenvalue weighted by atomic mass is 32.1. The molecule has 6 heteroatoms. The summed E-state index contributed by atoms with van der Waals surface area (Å²) in [6, 6.07) is 5.67. The van der Waals surface area contributed by atoms with Crippen LogP contribution in [0.15, 0.2) is 23.0 Å². The summed E-state index contributed by atoms with van der Waals surface area (Å²) in [4.78, 5) is 22.4. The predicted octanol–water partition coefficient (Wildman–Crippen LogP) is 4.30. The highest BCUT2D eigenvalue weighted by Crippen LogP contribution is 2.36. The molecule has 2 heterocycles. The predicted molar refractivity (Wildman–Crippen MR) is 110 cm³/mol. The van der Waals surface area contributed by atoms with E-state index < -0.39 is 0 Å². The number of thiophene rings is 1. The molecule has 3 aromatic rings. The third-order valence-electron chi connectivity index (χ3n) is 5.04. The fourth-order valence-corrected chi connectivity index (χ4v) is 5.05. The molecule has 1 aliphatic carbocycles. The van der Waals surface area contributed by atoms with E-state index in [2.05, 4.69) is 16.9 Å². The highest BCUT2D eigenvalue weighted by Gasteiger charge is 2.22. The molecule has 5 nitrogen and oxygen atoms in total. The first kappa shape index (κ1) is 17.8. The van der Waals surface area contributed by atoms with Gasteiger partial charge >= 0.3 is 0 Å². The number of benzene rings is 1. The number of aromatic nitrogens is 2. The minimum Gasteiger partial charge on any atom is -0.493 e. The number of aryl methyl sites for hydroxylation is 1. The van der Waals surface area contributed by atoms with E-state index in [1.54, 1.807) is 31.6 Å². The zero-order valence-corrected chi connectivity index (χ0v) is 16.5. The van der Waals surface area contributed by atoms with Gasteiger partial charge in [-0.3, -0.25) is 4.79 Å². The first-order valence-corrected chi connectivity index (χ1v) is 9.86. The van der Waals surface area contributed by atoms with Gasteiger partial charge in [-0.1, -0.05) is 19.1 Å². The molecule has 1 N–H and O–H groups in total. The van der Waals surface area contributed by atoms with Crippen LogP contribution in [0.5, 0.6) is 11.5 Å². The molecule has 0 bridgehead atoms. The fraction of sp³-hybridized carbons (Fsp3) is 0.333. The number of H-pyrrole nitrogens is 1. The summed E-state index contributed by atoms with van der Waals surface area (Å²) >= 11 is 1.66. The third-order valence-corrected chi connectivity index (χ3v) is 6.19. The van der Waals surface area contributed by atoms with Crippen molar-refractivity contribution in [3.63, 3.8) is 0 Å². The van der Waals surface area contributed by atoms with E-state index in [0.717, 1.165) is 35.0 Å². The van der Waals surface area contributed by atoms with Gasteiger partial charge in [0.05, 0.1) is 19.6 Å². The van der Waals surface area contributed by atoms with Gasteiger partial charge in [0.1, 0.15) is 10.7 Å². The molecule has 0 amide bonds. The van der Waals surface area contributed by atoms with Crippen molar-refractivity contribution >= 4 is 33.7 Å². The lowest BCUT2D eigenvalue weighted by Crippen LogP contribution is -2.13. The number of aromatic amines is 1. The van der Waals surface area contributed by atoms with Crippen molar-refractivity contribution in [2.75, 3.05) is 14.2 Å². The number of para-hydroxylation sites is 1. The standard InChI is InChI=1S/C21H22N2O3S/c1-12-7-9-14-16(11-12)27-21-18(14)20(24)22-17(23-21)10-8-13-5-4-6-15(25-2)19(13)26-3/h4-6,8,10,12H,7,9,11H2,1-3H3,(H,22,23,24)/b10-8+/t12-/m0/s1. The van der Waals surface area contributed by atoms with Crippen molar-refractivity contribution in [2.45, 2.75) is 26.2 Å². The van der Waals surface area contributed by atoms with Gasteiger partial charge in [-0.15, -0.1) is 11.3 Å². The normalized spacial score (nSPS) is 16.6. The summed E-state index contributed by atoms with van der Waals surface area (Å²) in [5, 5.41) is 0.776. The molecule has 1 atom stereocenters. The Labute approximate surface area is 161 Å². The van der Waals surface area contributed by atoms with Crippen molar-refractivity contribution < 1.29 is 9.47 Å². The quantitative estimate of drug-likeness (QED) is 0.731. The molecule has 27 heavy (non-hydrogen) atoms. The van der Waals surface area contributed by atoms with E-state index in [4.69, 9.17) is 9.47 Å². The lowest BCUT2D eigenvalue weighted by molar-refractivity contribution is 0.354. The van der Waals surface area contributed by atoms with Crippen LogP contribution in [-0.2, 0) is 12.8 Å². The average Bonchev–Trinajstić information content (AvgIpc) is 3.03. The molecule has 1 aromatic carbocycles. The Morgan fingerprint density at radius 1 is 1.26 bits per heavy atom. The van der Waals surface area contributed by atoms with Crippen molar-refractivity contribution in [1.29, 1.82) is 0 Å². The largest absolute Gasteiger partial charge is 0.493 e. The lowest BCUT2D eigenvalue weighted by atomic mass is 9.89. The van der Waals surface area contributed by atoms with Gasteiger partial charge < -0.3 is 14.5 Å². The Bertz CT molecular complexity index is 1080. The maximum atomic E-state index is 12.7. The molecule has 1 aliphatic rings. The first-order valence-electron chi connectivity index (χ1n) is 9.04. The second-order valence-electron chi connectivity index (χ2n) is 6.90. The Kier molecular flexibility index (Phi) is 4.74. The molecule has 0 radical (unpaired) electrons. The molecule has 0 saturated carbocycles. The average molecular weight is 382 g/mol. The van der Waals surface area contributed by atoms with Crippen LogP contribution >= 0.6 is 11.3 Å². The highest BCUT2D eigenvalue weighted by molar-refractivity contribution is 7.18. The summed E-state index contributed by atoms with van der Waals surface area (Å²) in [5.74, 6) is 2.53. The molecule has 140 valence electrons. The Morgan fingerprint density at radius 2 is 2.11 bits per heavy atom. The van der Waals surface area contributed by atoms with E-state index in [1.807, 2.05) is 24.3 Å². The Balaban J connectivity index is 1.74. The van der Waals surface area contributed by atoms with E-state index in [9.17, 15) is 4.79 Å². The van der Waals surface area contributed by atoms with Gasteiger partial charge in [-0.2, -0.15) is 0 Å². The monoisotopic (exact) mass is 382 g/mol. The van der Waals surface area contributed by atoms with Crippen LogP contribution in [0.2, 0.25) is 0 Å². The number of rotatable bonds is 4. The molecule has 0 saturated heterocycles. The van der Waals surface area contributed by atoms with Gasteiger partial charge in [0.25, 0.3) is 5.56 Å². The van der Waals surface area contributed by atoms with Crippen LogP contribution in [0, 0.1) is 5.92 Å². The van der Waals surface area contributed by atoms with E-state index >= 15 is 0 Å². The van der Waals surface area contributed by atoms with Crippen molar-refractivity contribution in [3.8, 4) is 11.5 Å². The molecule has 4 rings (SSSR count). The Hall–Kier alpha value is -2.60. The van der Waals surface area contributed by atoms with E-state index in [-0.39, 0.29) is 5.56 Å². The van der Waals surface area contributed by atoms with Gasteiger partial charge in [-0.25, -0.2) is 4.98 Å². The van der Waals surface area contributed by atoms with Gasteiger partial charge in [-0.05, 0) is 49.0 Å². The van der Waals surface area contributed by atoms with Gasteiger partial charge in [0, 0.05) is 10.4 Å². The number of hydrogen-bond acceptors (Lipinski definition) is 5. The number of nitrogens with zero attached hydrogens (tertiary/aromatic N) is 1. The lowest BCUT2D eigenvalue weighted by Gasteiger charge is -2.17. The summed E-state index contributed by atoms with van der Waals surface area (Å²) in [6.45, 7) is 2.26. The fourth-order valence-electron chi connectivity index (χ4n) is 3.66. The Morgan fingerprint density at radius 3 is 2.89 bits per heavy atom. The van der Waals surface area contributed by atoms with E-state index in [0.29, 0.717) is 23.2 Å². The smallest absolute Gasteiger partial charge is 0.260 e. The summed E-state index contributed by atoms with van der Waals surface area (Å²) in [5.41, 5.74) is 2.01. The molecule has 0 unspecified atom stereocenters. The summed E-state index contributed by atoms with van der Waals surface area (Å²) in [7, 11) is 3.22. The summed E-state index contributed by atoms with van der Waals surface area (Å²) < 4.78 is 10.8. The summed E-state index contributed by atoms with van der Waals surface area (Å²) in [6.07, 6.45) is 6.83. The van der Waals surface area contributed by atoms with Gasteiger partial charge in [0.15, 0.2) is 11.5 Å². The van der Waals surface area contributed by atoms with Crippen molar-refractivity contribution in [2.24, 2.45) is 5.92 Å². The van der Waals surface area contributed by atoms with Crippen LogP contribution in [0.25, 0.3) is 22.4 Å². The molecule has 2 aromatic heterocycles. The van der Waals surface area contributed by atoms with Crippen LogP contribution < -0.4 is 15.0 Å². The zero-order chi connectivity index (χ0) is 19.0. The third kappa shape index (κ3) is 3.25. The van der Waals surface area contributed by atoms with Crippen LogP contribution in [0.1, 0.15) is 35.2 Å². The topological polar surface area (TPSA) is 64.2 Å². The van der Waals surface area contributed by atoms with E-state index in [1.165, 1.54) is 10.4 Å². The molecule has 0 fully saturated rings. The maximum absolute atomic E-state index is 12.7. The number of nitrogens with one attached hydrogen (secondary N) is 1. The van der Waals surface area contributed by atoms with Crippen molar-refractivity contribution in [1.82, 2.24) is 9.97 Å². The number of methoxy groups -OCH3 is 2. The second-order valence-corrected chi connectivity index (χ2v) is 7.98. The minimum absolute atomic E-state index is 0.0516.